The van der Waals surface area contributed by atoms with Crippen LogP contribution in [0.25, 0.3) is 0 Å². The molecule has 0 saturated carbocycles. The summed E-state index contributed by atoms with van der Waals surface area (Å²) in [6.07, 6.45) is 0.143. The zero-order valence-electron chi connectivity index (χ0n) is 10.6. The van der Waals surface area contributed by atoms with E-state index in [9.17, 15) is 14.3 Å². The maximum absolute atomic E-state index is 13.5. The molecule has 0 unspecified atom stereocenters. The minimum Gasteiger partial charge on any atom is -0.508 e. The zero-order valence-corrected chi connectivity index (χ0v) is 12.2. The summed E-state index contributed by atoms with van der Waals surface area (Å²) in [7, 11) is 0. The number of phenols is 1. The van der Waals surface area contributed by atoms with E-state index < -0.39 is 0 Å². The molecule has 5 heteroatoms. The van der Waals surface area contributed by atoms with Crippen LogP contribution in [-0.4, -0.2) is 11.0 Å². The molecule has 0 atom stereocenters. The van der Waals surface area contributed by atoms with E-state index in [4.69, 9.17) is 0 Å². The largest absolute Gasteiger partial charge is 0.508 e. The number of nitrogens with one attached hydrogen (secondary N) is 1. The van der Waals surface area contributed by atoms with Crippen LogP contribution in [0.15, 0.2) is 46.9 Å². The summed E-state index contributed by atoms with van der Waals surface area (Å²) in [5.74, 6) is -0.464. The van der Waals surface area contributed by atoms with Crippen molar-refractivity contribution in [2.24, 2.45) is 0 Å². The normalized spacial score (nSPS) is 10.3. The van der Waals surface area contributed by atoms with Gasteiger partial charge in [0.1, 0.15) is 11.6 Å². The molecular weight excluding hydrogens is 325 g/mol. The molecule has 0 bridgehead atoms. The summed E-state index contributed by atoms with van der Waals surface area (Å²) in [5.41, 5.74) is 1.13. The first-order chi connectivity index (χ1) is 9.54. The van der Waals surface area contributed by atoms with E-state index in [-0.39, 0.29) is 30.4 Å². The van der Waals surface area contributed by atoms with E-state index in [1.807, 2.05) is 0 Å². The Labute approximate surface area is 124 Å². The molecule has 0 aromatic heterocycles. The van der Waals surface area contributed by atoms with E-state index in [1.54, 1.807) is 24.3 Å². The van der Waals surface area contributed by atoms with Gasteiger partial charge in [0.2, 0.25) is 5.91 Å². The standard InChI is InChI=1S/C15H13BrFNO2/c16-12-4-5-14(17)11(8-12)9-18-15(20)7-10-2-1-3-13(19)6-10/h1-6,8,19H,7,9H2,(H,18,20). The van der Waals surface area contributed by atoms with E-state index in [0.29, 0.717) is 11.1 Å². The Morgan fingerprint density at radius 1 is 1.25 bits per heavy atom. The Morgan fingerprint density at radius 3 is 2.80 bits per heavy atom. The zero-order chi connectivity index (χ0) is 14.5. The van der Waals surface area contributed by atoms with E-state index in [1.165, 1.54) is 18.2 Å². The summed E-state index contributed by atoms with van der Waals surface area (Å²) in [6, 6.07) is 11.1. The number of phenolic OH excluding ortho intramolecular Hbond substituents is 1. The van der Waals surface area contributed by atoms with Gasteiger partial charge in [-0.3, -0.25) is 4.79 Å². The molecule has 2 N–H and O–H groups in total. The van der Waals surface area contributed by atoms with Crippen LogP contribution in [0.1, 0.15) is 11.1 Å². The minimum absolute atomic E-state index is 0.119. The van der Waals surface area contributed by atoms with Crippen LogP contribution >= 0.6 is 15.9 Å². The van der Waals surface area contributed by atoms with Crippen LogP contribution in [0.4, 0.5) is 4.39 Å². The molecule has 2 aromatic carbocycles. The Hall–Kier alpha value is -1.88. The molecule has 0 aliphatic heterocycles. The Kier molecular flexibility index (Phi) is 4.74. The Morgan fingerprint density at radius 2 is 2.05 bits per heavy atom. The fourth-order valence-electron chi connectivity index (χ4n) is 1.79. The van der Waals surface area contributed by atoms with Crippen LogP contribution in [0.5, 0.6) is 5.75 Å². The number of halogens is 2. The lowest BCUT2D eigenvalue weighted by molar-refractivity contribution is -0.120. The topological polar surface area (TPSA) is 49.3 Å². The van der Waals surface area contributed by atoms with Crippen molar-refractivity contribution < 1.29 is 14.3 Å². The second-order valence-electron chi connectivity index (χ2n) is 4.36. The van der Waals surface area contributed by atoms with Crippen molar-refractivity contribution in [2.45, 2.75) is 13.0 Å². The minimum atomic E-state index is -0.356. The van der Waals surface area contributed by atoms with Crippen LogP contribution in [-0.2, 0) is 17.8 Å². The molecule has 0 saturated heterocycles. The van der Waals surface area contributed by atoms with Gasteiger partial charge in [-0.05, 0) is 35.9 Å². The highest BCUT2D eigenvalue weighted by Crippen LogP contribution is 2.15. The van der Waals surface area contributed by atoms with Gasteiger partial charge < -0.3 is 10.4 Å². The highest BCUT2D eigenvalue weighted by molar-refractivity contribution is 9.10. The molecule has 1 amide bonds. The lowest BCUT2D eigenvalue weighted by Crippen LogP contribution is -2.25. The first-order valence-corrected chi connectivity index (χ1v) is 6.82. The third-order valence-electron chi connectivity index (χ3n) is 2.76. The van der Waals surface area contributed by atoms with Gasteiger partial charge in [0.15, 0.2) is 0 Å². The fraction of sp³-hybridized carbons (Fsp3) is 0.133. The summed E-state index contributed by atoms with van der Waals surface area (Å²) in [4.78, 5) is 11.8. The lowest BCUT2D eigenvalue weighted by Gasteiger charge is -2.07. The fourth-order valence-corrected chi connectivity index (χ4v) is 2.20. The third kappa shape index (κ3) is 4.06. The number of hydrogen-bond acceptors (Lipinski definition) is 2. The van der Waals surface area contributed by atoms with Gasteiger partial charge in [-0.15, -0.1) is 0 Å². The van der Waals surface area contributed by atoms with E-state index in [2.05, 4.69) is 21.2 Å². The molecule has 2 aromatic rings. The SMILES string of the molecule is O=C(Cc1cccc(O)c1)NCc1cc(Br)ccc1F. The maximum Gasteiger partial charge on any atom is 0.224 e. The van der Waals surface area contributed by atoms with Crippen molar-refractivity contribution in [3.8, 4) is 5.75 Å². The number of carbonyl (C=O) groups excluding carboxylic acids is 1. The quantitative estimate of drug-likeness (QED) is 0.900. The molecule has 0 aliphatic carbocycles. The molecule has 3 nitrogen and oxygen atoms in total. The van der Waals surface area contributed by atoms with Crippen LogP contribution in [0, 0.1) is 5.82 Å². The monoisotopic (exact) mass is 337 g/mol. The summed E-state index contributed by atoms with van der Waals surface area (Å²) in [6.45, 7) is 0.128. The molecular formula is C15H13BrFNO2. The number of rotatable bonds is 4. The maximum atomic E-state index is 13.5. The number of hydrogen-bond donors (Lipinski definition) is 2. The number of aromatic hydroxyl groups is 1. The van der Waals surface area contributed by atoms with Gasteiger partial charge in [0, 0.05) is 16.6 Å². The molecule has 2 rings (SSSR count). The molecule has 20 heavy (non-hydrogen) atoms. The first kappa shape index (κ1) is 14.5. The third-order valence-corrected chi connectivity index (χ3v) is 3.25. The summed E-state index contributed by atoms with van der Waals surface area (Å²) in [5, 5.41) is 12.0. The summed E-state index contributed by atoms with van der Waals surface area (Å²) < 4.78 is 14.3. The first-order valence-electron chi connectivity index (χ1n) is 6.03. The van der Waals surface area contributed by atoms with Gasteiger partial charge in [-0.2, -0.15) is 0 Å². The van der Waals surface area contributed by atoms with E-state index in [0.717, 1.165) is 4.47 Å². The van der Waals surface area contributed by atoms with Gasteiger partial charge in [0.05, 0.1) is 6.42 Å². The molecule has 104 valence electrons. The van der Waals surface area contributed by atoms with Crippen LogP contribution < -0.4 is 5.32 Å². The molecule has 0 aliphatic rings. The molecule has 0 heterocycles. The number of amides is 1. The number of benzene rings is 2. The average molecular weight is 338 g/mol. The van der Waals surface area contributed by atoms with Crippen molar-refractivity contribution in [3.63, 3.8) is 0 Å². The van der Waals surface area contributed by atoms with Crippen molar-refractivity contribution in [2.75, 3.05) is 0 Å². The molecule has 0 spiro atoms. The molecule has 0 fully saturated rings. The highest BCUT2D eigenvalue weighted by atomic mass is 79.9. The average Bonchev–Trinajstić information content (AvgIpc) is 2.40. The predicted molar refractivity (Wildman–Crippen MR) is 77.8 cm³/mol. The number of carbonyl (C=O) groups is 1. The van der Waals surface area contributed by atoms with Crippen molar-refractivity contribution in [1.82, 2.24) is 5.32 Å². The van der Waals surface area contributed by atoms with Gasteiger partial charge >= 0.3 is 0 Å². The smallest absolute Gasteiger partial charge is 0.224 e. The highest BCUT2D eigenvalue weighted by Gasteiger charge is 2.07. The van der Waals surface area contributed by atoms with Gasteiger partial charge in [-0.1, -0.05) is 28.1 Å². The Balaban J connectivity index is 1.94. The Bertz CT molecular complexity index is 631. The predicted octanol–water partition coefficient (Wildman–Crippen LogP) is 3.15. The van der Waals surface area contributed by atoms with Crippen molar-refractivity contribution >= 4 is 21.8 Å². The second-order valence-corrected chi connectivity index (χ2v) is 5.27. The van der Waals surface area contributed by atoms with Gasteiger partial charge in [-0.25, -0.2) is 4.39 Å². The van der Waals surface area contributed by atoms with Crippen LogP contribution in [0.3, 0.4) is 0 Å². The van der Waals surface area contributed by atoms with Crippen molar-refractivity contribution in [3.05, 3.63) is 63.9 Å². The van der Waals surface area contributed by atoms with E-state index >= 15 is 0 Å². The lowest BCUT2D eigenvalue weighted by atomic mass is 10.1. The summed E-state index contributed by atoms with van der Waals surface area (Å²) >= 11 is 3.26. The molecule has 0 radical (unpaired) electrons. The van der Waals surface area contributed by atoms with Gasteiger partial charge in [0.25, 0.3) is 0 Å². The van der Waals surface area contributed by atoms with Crippen LogP contribution in [0.2, 0.25) is 0 Å². The second kappa shape index (κ2) is 6.52. The van der Waals surface area contributed by atoms with Crippen molar-refractivity contribution in [1.29, 1.82) is 0 Å².